The predicted octanol–water partition coefficient (Wildman–Crippen LogP) is 23.0. The van der Waals surface area contributed by atoms with Crippen molar-refractivity contribution >= 4 is 17.9 Å². The second kappa shape index (κ2) is 69.9. The lowest BCUT2D eigenvalue weighted by Crippen LogP contribution is -2.44. The number of esters is 2. The van der Waals surface area contributed by atoms with Gasteiger partial charge >= 0.3 is 11.9 Å². The van der Waals surface area contributed by atoms with E-state index < -0.39 is 24.3 Å². The summed E-state index contributed by atoms with van der Waals surface area (Å²) < 4.78 is 22.9. The Labute approximate surface area is 542 Å². The van der Waals surface area contributed by atoms with Gasteiger partial charge in [0.15, 0.2) is 12.4 Å². The summed E-state index contributed by atoms with van der Waals surface area (Å²) in [6.07, 6.45) is 83.4. The highest BCUT2D eigenvalue weighted by Gasteiger charge is 2.22. The first kappa shape index (κ1) is 85.0. The molecule has 0 heterocycles. The van der Waals surface area contributed by atoms with Crippen LogP contribution in [-0.2, 0) is 33.3 Å². The zero-order valence-electron chi connectivity index (χ0n) is 59.2. The number of carboxylic acids is 1. The van der Waals surface area contributed by atoms with Crippen LogP contribution >= 0.6 is 0 Å². The van der Waals surface area contributed by atoms with Gasteiger partial charge in [0.25, 0.3) is 0 Å². The number of carboxylic acid groups (broad SMARTS) is 1. The number of hydrogen-bond donors (Lipinski definition) is 0. The number of likely N-dealkylation sites (N-methyl/N-ethyl adjacent to an activating group) is 1. The lowest BCUT2D eigenvalue weighted by molar-refractivity contribution is -0.870. The Balaban J connectivity index is 3.97. The SMILES string of the molecule is CCCCCCCCCC/C=C\CCCCCCCCCCCCCCCCCC(=O)OC(COC(=O)CCCCCCCCCCCCCCCCCCCCCCCCCCCCCCCCCCCCC)COC(OCC[N+](C)(C)C)C(=O)[O-]. The largest absolute Gasteiger partial charge is 0.545 e. The Bertz CT molecular complexity index is 1430. The Morgan fingerprint density at radius 2 is 0.586 bits per heavy atom. The van der Waals surface area contributed by atoms with E-state index in [4.69, 9.17) is 18.9 Å². The first-order chi connectivity index (χ1) is 42.6. The Morgan fingerprint density at radius 1 is 0.333 bits per heavy atom. The van der Waals surface area contributed by atoms with Crippen LogP contribution in [0.25, 0.3) is 0 Å². The van der Waals surface area contributed by atoms with E-state index in [2.05, 4.69) is 26.0 Å². The molecule has 0 aliphatic rings. The summed E-state index contributed by atoms with van der Waals surface area (Å²) in [5.41, 5.74) is 0. The van der Waals surface area contributed by atoms with Crippen molar-refractivity contribution < 1.29 is 42.9 Å². The van der Waals surface area contributed by atoms with Crippen LogP contribution in [0.5, 0.6) is 0 Å². The van der Waals surface area contributed by atoms with Crippen molar-refractivity contribution in [1.82, 2.24) is 0 Å². The van der Waals surface area contributed by atoms with E-state index in [1.807, 2.05) is 21.1 Å². The third-order valence-electron chi connectivity index (χ3n) is 18.0. The Morgan fingerprint density at radius 3 is 0.851 bits per heavy atom. The highest BCUT2D eigenvalue weighted by atomic mass is 16.7. The van der Waals surface area contributed by atoms with Gasteiger partial charge in [0.05, 0.1) is 40.3 Å². The number of unbranched alkanes of at least 4 members (excludes halogenated alkanes) is 57. The van der Waals surface area contributed by atoms with Crippen LogP contribution < -0.4 is 5.11 Å². The summed E-state index contributed by atoms with van der Waals surface area (Å²) in [7, 11) is 5.95. The average molecular weight is 1230 g/mol. The molecule has 516 valence electrons. The summed E-state index contributed by atoms with van der Waals surface area (Å²) in [6.45, 7) is 4.84. The van der Waals surface area contributed by atoms with E-state index in [0.717, 1.165) is 38.5 Å². The molecule has 0 N–H and O–H groups in total. The quantitative estimate of drug-likeness (QED) is 0.0195. The Kier molecular flexibility index (Phi) is 68.3. The van der Waals surface area contributed by atoms with E-state index in [1.165, 1.54) is 347 Å². The van der Waals surface area contributed by atoms with Crippen LogP contribution in [0.15, 0.2) is 12.2 Å². The van der Waals surface area contributed by atoms with Crippen LogP contribution in [0.4, 0.5) is 0 Å². The first-order valence-electron chi connectivity index (χ1n) is 38.8. The predicted molar refractivity (Wildman–Crippen MR) is 371 cm³/mol. The average Bonchev–Trinajstić information content (AvgIpc) is 3.56. The van der Waals surface area contributed by atoms with Gasteiger partial charge in [0.2, 0.25) is 0 Å². The minimum atomic E-state index is -1.62. The minimum Gasteiger partial charge on any atom is -0.545 e. The van der Waals surface area contributed by atoms with Gasteiger partial charge < -0.3 is 33.3 Å². The molecule has 2 unspecified atom stereocenters. The number of carbonyl (C=O) groups excluding carboxylic acids is 3. The summed E-state index contributed by atoms with van der Waals surface area (Å²) in [6, 6.07) is 0. The van der Waals surface area contributed by atoms with Crippen molar-refractivity contribution in [1.29, 1.82) is 0 Å². The second-order valence-corrected chi connectivity index (χ2v) is 28.0. The maximum absolute atomic E-state index is 12.9. The summed E-state index contributed by atoms with van der Waals surface area (Å²) in [4.78, 5) is 37.6. The number of carbonyl (C=O) groups is 3. The molecule has 9 heteroatoms. The molecule has 0 aromatic carbocycles. The fraction of sp³-hybridized carbons (Fsp3) is 0.936. The van der Waals surface area contributed by atoms with Gasteiger partial charge in [-0.15, -0.1) is 0 Å². The molecule has 0 aliphatic carbocycles. The second-order valence-electron chi connectivity index (χ2n) is 28.0. The van der Waals surface area contributed by atoms with Crippen molar-refractivity contribution in [2.24, 2.45) is 0 Å². The van der Waals surface area contributed by atoms with Gasteiger partial charge in [-0.3, -0.25) is 9.59 Å². The van der Waals surface area contributed by atoms with Gasteiger partial charge in [-0.1, -0.05) is 373 Å². The summed E-state index contributed by atoms with van der Waals surface area (Å²) in [5.74, 6) is -2.25. The van der Waals surface area contributed by atoms with E-state index >= 15 is 0 Å². The smallest absolute Gasteiger partial charge is 0.306 e. The molecule has 0 rings (SSSR count). The topological polar surface area (TPSA) is 111 Å². The molecule has 0 aliphatic heterocycles. The summed E-state index contributed by atoms with van der Waals surface area (Å²) >= 11 is 0. The fourth-order valence-corrected chi connectivity index (χ4v) is 12.1. The minimum absolute atomic E-state index is 0.152. The van der Waals surface area contributed by atoms with E-state index in [1.54, 1.807) is 0 Å². The van der Waals surface area contributed by atoms with Crippen LogP contribution in [0.2, 0.25) is 0 Å². The van der Waals surface area contributed by atoms with Crippen molar-refractivity contribution in [2.75, 3.05) is 47.5 Å². The van der Waals surface area contributed by atoms with Crippen LogP contribution in [0.1, 0.15) is 412 Å². The molecule has 2 atom stereocenters. The van der Waals surface area contributed by atoms with Crippen molar-refractivity contribution in [3.63, 3.8) is 0 Å². The Hall–Kier alpha value is -1.97. The number of hydrogen-bond acceptors (Lipinski definition) is 8. The van der Waals surface area contributed by atoms with Gasteiger partial charge in [-0.25, -0.2) is 0 Å². The highest BCUT2D eigenvalue weighted by Crippen LogP contribution is 2.20. The van der Waals surface area contributed by atoms with Crippen molar-refractivity contribution in [2.45, 2.75) is 424 Å². The van der Waals surface area contributed by atoms with Crippen LogP contribution in [0, 0.1) is 0 Å². The number of quaternary nitrogens is 1. The standard InChI is InChI=1S/C78H151NO8/c1-6-8-10-12-14-16-18-20-22-24-26-28-30-32-34-35-36-37-38-39-40-41-43-44-46-48-50-52-54-56-58-60-62-64-66-68-75(80)85-72-74(73-86-78(77(82)83)84-71-70-79(3,4)5)87-76(81)69-67-65-63-61-59-57-55-53-51-49-47-45-42-33-31-29-27-25-23-21-19-17-15-13-11-9-7-2/h25,27,74,78H,6-24,26,28-73H2,1-5H3/b27-25-. The van der Waals surface area contributed by atoms with Crippen molar-refractivity contribution in [3.05, 3.63) is 12.2 Å². The monoisotopic (exact) mass is 1230 g/mol. The molecule has 0 spiro atoms. The molecule has 0 saturated carbocycles. The zero-order valence-corrected chi connectivity index (χ0v) is 59.2. The highest BCUT2D eigenvalue weighted by molar-refractivity contribution is 5.70. The molecular weight excluding hydrogens is 1080 g/mol. The van der Waals surface area contributed by atoms with E-state index in [9.17, 15) is 19.5 Å². The number of ether oxygens (including phenoxy) is 4. The van der Waals surface area contributed by atoms with Gasteiger partial charge in [0, 0.05) is 12.8 Å². The number of allylic oxidation sites excluding steroid dienone is 2. The van der Waals surface area contributed by atoms with E-state index in [0.29, 0.717) is 17.4 Å². The molecule has 0 fully saturated rings. The molecule has 0 aromatic rings. The molecule has 0 bridgehead atoms. The van der Waals surface area contributed by atoms with Gasteiger partial charge in [-0.05, 0) is 38.5 Å². The number of rotatable bonds is 74. The number of nitrogens with zero attached hydrogens (tertiary/aromatic N) is 1. The van der Waals surface area contributed by atoms with Crippen molar-refractivity contribution in [3.8, 4) is 0 Å². The number of aliphatic carboxylic acids is 1. The molecular formula is C78H151NO8. The molecule has 0 radical (unpaired) electrons. The lowest BCUT2D eigenvalue weighted by atomic mass is 10.0. The molecule has 0 saturated heterocycles. The van der Waals surface area contributed by atoms with Crippen LogP contribution in [0.3, 0.4) is 0 Å². The van der Waals surface area contributed by atoms with Gasteiger partial charge in [-0.2, -0.15) is 0 Å². The third kappa shape index (κ3) is 71.3. The molecule has 0 aromatic heterocycles. The van der Waals surface area contributed by atoms with E-state index in [-0.39, 0.29) is 32.2 Å². The fourth-order valence-electron chi connectivity index (χ4n) is 12.1. The molecule has 9 nitrogen and oxygen atoms in total. The zero-order chi connectivity index (χ0) is 63.3. The molecule has 0 amide bonds. The van der Waals surface area contributed by atoms with Gasteiger partial charge in [0.1, 0.15) is 13.2 Å². The summed E-state index contributed by atoms with van der Waals surface area (Å²) in [5, 5.41) is 11.8. The van der Waals surface area contributed by atoms with Crippen LogP contribution in [-0.4, -0.2) is 82.3 Å². The maximum atomic E-state index is 12.9. The molecule has 87 heavy (non-hydrogen) atoms. The normalized spacial score (nSPS) is 12.6. The lowest BCUT2D eigenvalue weighted by Gasteiger charge is -2.26. The third-order valence-corrected chi connectivity index (χ3v) is 18.0. The first-order valence-corrected chi connectivity index (χ1v) is 38.8. The maximum Gasteiger partial charge on any atom is 0.306 e.